The van der Waals surface area contributed by atoms with Crippen molar-refractivity contribution in [2.45, 2.75) is 44.8 Å². The van der Waals surface area contributed by atoms with Gasteiger partial charge in [0.05, 0.1) is 0 Å². The molecule has 1 aromatic rings. The zero-order chi connectivity index (χ0) is 14.6. The van der Waals surface area contributed by atoms with Crippen LogP contribution in [0.1, 0.15) is 32.3 Å². The molecule has 1 heterocycles. The van der Waals surface area contributed by atoms with Gasteiger partial charge in [-0.25, -0.2) is 0 Å². The van der Waals surface area contributed by atoms with Gasteiger partial charge in [0.1, 0.15) is 5.54 Å². The summed E-state index contributed by atoms with van der Waals surface area (Å²) in [7, 11) is 0. The maximum atomic E-state index is 11.9. The predicted molar refractivity (Wildman–Crippen MR) is 81.2 cm³/mol. The van der Waals surface area contributed by atoms with Gasteiger partial charge in [0.2, 0.25) is 5.91 Å². The van der Waals surface area contributed by atoms with Crippen LogP contribution in [0.3, 0.4) is 0 Å². The molecule has 0 saturated carbocycles. The van der Waals surface area contributed by atoms with Crippen LogP contribution in [-0.2, 0) is 11.3 Å². The molecule has 1 fully saturated rings. The number of nitrogens with two attached hydrogens (primary N) is 1. The van der Waals surface area contributed by atoms with Crippen molar-refractivity contribution >= 4 is 5.91 Å². The minimum absolute atomic E-state index is 0.225. The second-order valence-electron chi connectivity index (χ2n) is 5.92. The van der Waals surface area contributed by atoms with E-state index < -0.39 is 5.54 Å². The van der Waals surface area contributed by atoms with E-state index >= 15 is 0 Å². The molecule has 20 heavy (non-hydrogen) atoms. The average molecular weight is 275 g/mol. The topological polar surface area (TPSA) is 58.4 Å². The van der Waals surface area contributed by atoms with Crippen LogP contribution in [0.4, 0.5) is 0 Å². The standard InChI is InChI=1S/C16H25N3O/c1-13(2)19-10-8-16(9-11-19,15(17)20)18-12-14-6-4-3-5-7-14/h3-7,13,18H,8-12H2,1-2H3,(H2,17,20). The Morgan fingerprint density at radius 3 is 2.40 bits per heavy atom. The number of amides is 1. The number of nitrogens with zero attached hydrogens (tertiary/aromatic N) is 1. The van der Waals surface area contributed by atoms with Crippen LogP contribution < -0.4 is 11.1 Å². The van der Waals surface area contributed by atoms with E-state index in [0.29, 0.717) is 12.6 Å². The first-order valence-electron chi connectivity index (χ1n) is 7.36. The molecule has 0 radical (unpaired) electrons. The van der Waals surface area contributed by atoms with Gasteiger partial charge in [-0.15, -0.1) is 0 Å². The fourth-order valence-corrected chi connectivity index (χ4v) is 2.80. The lowest BCUT2D eigenvalue weighted by Gasteiger charge is -2.41. The van der Waals surface area contributed by atoms with Crippen LogP contribution in [0.2, 0.25) is 0 Å². The number of benzene rings is 1. The second-order valence-corrected chi connectivity index (χ2v) is 5.92. The second kappa shape index (κ2) is 6.37. The van der Waals surface area contributed by atoms with Gasteiger partial charge in [0, 0.05) is 25.7 Å². The Bertz CT molecular complexity index is 436. The molecule has 0 bridgehead atoms. The molecule has 0 unspecified atom stereocenters. The summed E-state index contributed by atoms with van der Waals surface area (Å²) in [6, 6.07) is 10.7. The summed E-state index contributed by atoms with van der Waals surface area (Å²) in [5.41, 5.74) is 6.29. The summed E-state index contributed by atoms with van der Waals surface area (Å²) >= 11 is 0. The van der Waals surface area contributed by atoms with Crippen LogP contribution >= 0.6 is 0 Å². The maximum Gasteiger partial charge on any atom is 0.237 e. The van der Waals surface area contributed by atoms with E-state index in [1.54, 1.807) is 0 Å². The molecule has 1 aromatic carbocycles. The van der Waals surface area contributed by atoms with Gasteiger partial charge >= 0.3 is 0 Å². The van der Waals surface area contributed by atoms with Crippen LogP contribution in [0.15, 0.2) is 30.3 Å². The van der Waals surface area contributed by atoms with Gasteiger partial charge in [-0.2, -0.15) is 0 Å². The van der Waals surface area contributed by atoms with Gasteiger partial charge < -0.3 is 10.6 Å². The third-order valence-corrected chi connectivity index (χ3v) is 4.33. The molecular weight excluding hydrogens is 250 g/mol. The van der Waals surface area contributed by atoms with Crippen LogP contribution in [-0.4, -0.2) is 35.5 Å². The Morgan fingerprint density at radius 1 is 1.30 bits per heavy atom. The normalized spacial score (nSPS) is 19.1. The Balaban J connectivity index is 1.99. The number of likely N-dealkylation sites (tertiary alicyclic amines) is 1. The van der Waals surface area contributed by atoms with Crippen LogP contribution in [0, 0.1) is 0 Å². The van der Waals surface area contributed by atoms with E-state index in [2.05, 4.69) is 36.2 Å². The van der Waals surface area contributed by atoms with Crippen molar-refractivity contribution in [1.29, 1.82) is 0 Å². The highest BCUT2D eigenvalue weighted by molar-refractivity contribution is 5.84. The van der Waals surface area contributed by atoms with Crippen molar-refractivity contribution in [3.8, 4) is 0 Å². The summed E-state index contributed by atoms with van der Waals surface area (Å²) in [4.78, 5) is 14.3. The quantitative estimate of drug-likeness (QED) is 0.856. The van der Waals surface area contributed by atoms with Crippen molar-refractivity contribution in [2.75, 3.05) is 13.1 Å². The first-order chi connectivity index (χ1) is 9.53. The highest BCUT2D eigenvalue weighted by Gasteiger charge is 2.39. The third kappa shape index (κ3) is 3.38. The number of hydrogen-bond acceptors (Lipinski definition) is 3. The van der Waals surface area contributed by atoms with E-state index in [9.17, 15) is 4.79 Å². The third-order valence-electron chi connectivity index (χ3n) is 4.33. The maximum absolute atomic E-state index is 11.9. The summed E-state index contributed by atoms with van der Waals surface area (Å²) in [5, 5.41) is 3.41. The van der Waals surface area contributed by atoms with Crippen molar-refractivity contribution in [3.63, 3.8) is 0 Å². The smallest absolute Gasteiger partial charge is 0.237 e. The van der Waals surface area contributed by atoms with Gasteiger partial charge in [-0.1, -0.05) is 30.3 Å². The van der Waals surface area contributed by atoms with Crippen molar-refractivity contribution in [1.82, 2.24) is 10.2 Å². The van der Waals surface area contributed by atoms with Crippen molar-refractivity contribution in [3.05, 3.63) is 35.9 Å². The number of carbonyl (C=O) groups excluding carboxylic acids is 1. The molecule has 4 heteroatoms. The Hall–Kier alpha value is -1.39. The minimum atomic E-state index is -0.554. The summed E-state index contributed by atoms with van der Waals surface area (Å²) in [5.74, 6) is -0.225. The Morgan fingerprint density at radius 2 is 1.90 bits per heavy atom. The average Bonchev–Trinajstić information content (AvgIpc) is 2.46. The predicted octanol–water partition coefficient (Wildman–Crippen LogP) is 1.50. The van der Waals surface area contributed by atoms with E-state index in [-0.39, 0.29) is 5.91 Å². The van der Waals surface area contributed by atoms with Crippen molar-refractivity contribution in [2.24, 2.45) is 5.73 Å². The lowest BCUT2D eigenvalue weighted by atomic mass is 9.86. The first-order valence-corrected chi connectivity index (χ1v) is 7.36. The molecule has 0 spiro atoms. The fraction of sp³-hybridized carbons (Fsp3) is 0.562. The molecule has 2 rings (SSSR count). The number of rotatable bonds is 5. The molecule has 0 aliphatic carbocycles. The van der Waals surface area contributed by atoms with E-state index in [4.69, 9.17) is 5.73 Å². The molecule has 1 aliphatic rings. The van der Waals surface area contributed by atoms with E-state index in [1.807, 2.05) is 18.2 Å². The summed E-state index contributed by atoms with van der Waals surface area (Å²) < 4.78 is 0. The largest absolute Gasteiger partial charge is 0.368 e. The van der Waals surface area contributed by atoms with Crippen LogP contribution in [0.5, 0.6) is 0 Å². The SMILES string of the molecule is CC(C)N1CCC(NCc2ccccc2)(C(N)=O)CC1. The zero-order valence-electron chi connectivity index (χ0n) is 12.4. The fourth-order valence-electron chi connectivity index (χ4n) is 2.80. The lowest BCUT2D eigenvalue weighted by Crippen LogP contribution is -2.61. The van der Waals surface area contributed by atoms with Crippen molar-refractivity contribution < 1.29 is 4.79 Å². The summed E-state index contributed by atoms with van der Waals surface area (Å²) in [6.07, 6.45) is 1.57. The number of carbonyl (C=O) groups is 1. The first kappa shape index (κ1) is 15.0. The van der Waals surface area contributed by atoms with Crippen LogP contribution in [0.25, 0.3) is 0 Å². The van der Waals surface area contributed by atoms with E-state index in [1.165, 1.54) is 5.56 Å². The molecule has 0 aromatic heterocycles. The molecule has 1 saturated heterocycles. The molecule has 1 amide bonds. The Kier molecular flexibility index (Phi) is 4.78. The minimum Gasteiger partial charge on any atom is -0.368 e. The number of primary amides is 1. The highest BCUT2D eigenvalue weighted by atomic mass is 16.1. The number of hydrogen-bond donors (Lipinski definition) is 2. The molecule has 1 aliphatic heterocycles. The van der Waals surface area contributed by atoms with Gasteiger partial charge in [-0.3, -0.25) is 10.1 Å². The highest BCUT2D eigenvalue weighted by Crippen LogP contribution is 2.24. The molecular formula is C16H25N3O. The zero-order valence-corrected chi connectivity index (χ0v) is 12.4. The van der Waals surface area contributed by atoms with Gasteiger partial charge in [-0.05, 0) is 32.3 Å². The van der Waals surface area contributed by atoms with E-state index in [0.717, 1.165) is 25.9 Å². The summed E-state index contributed by atoms with van der Waals surface area (Å²) in [6.45, 7) is 6.90. The van der Waals surface area contributed by atoms with Gasteiger partial charge in [0.15, 0.2) is 0 Å². The van der Waals surface area contributed by atoms with Gasteiger partial charge in [0.25, 0.3) is 0 Å². The number of nitrogens with one attached hydrogen (secondary N) is 1. The molecule has 0 atom stereocenters. The Labute approximate surface area is 121 Å². The lowest BCUT2D eigenvalue weighted by molar-refractivity contribution is -0.126. The molecule has 3 N–H and O–H groups in total. The monoisotopic (exact) mass is 275 g/mol. The molecule has 110 valence electrons. The molecule has 4 nitrogen and oxygen atoms in total. The number of piperidine rings is 1.